The lowest BCUT2D eigenvalue weighted by Gasteiger charge is -2.23. The first-order chi connectivity index (χ1) is 16.2. The van der Waals surface area contributed by atoms with Crippen LogP contribution in [0.2, 0.25) is 0 Å². The number of benzene rings is 2. The molecule has 0 spiro atoms. The SMILES string of the molecule is CCCCC[C@H](OCc1ccccc1)[C@H](O)C=C[C@@H](CC(OC)OC)OCc1ccccc1. The third kappa shape index (κ3) is 11.1. The minimum Gasteiger partial charge on any atom is -0.386 e. The van der Waals surface area contributed by atoms with E-state index < -0.39 is 6.10 Å². The Labute approximate surface area is 199 Å². The van der Waals surface area contributed by atoms with Crippen molar-refractivity contribution >= 4 is 0 Å². The highest BCUT2D eigenvalue weighted by Gasteiger charge is 2.20. The molecule has 5 nitrogen and oxygen atoms in total. The predicted molar refractivity (Wildman–Crippen MR) is 132 cm³/mol. The zero-order chi connectivity index (χ0) is 23.7. The molecule has 182 valence electrons. The largest absolute Gasteiger partial charge is 0.386 e. The molecule has 2 rings (SSSR count). The fourth-order valence-corrected chi connectivity index (χ4v) is 3.55. The van der Waals surface area contributed by atoms with Crippen molar-refractivity contribution in [3.8, 4) is 0 Å². The van der Waals surface area contributed by atoms with Crippen molar-refractivity contribution in [3.05, 3.63) is 83.9 Å². The maximum atomic E-state index is 10.9. The molecule has 0 radical (unpaired) electrons. The van der Waals surface area contributed by atoms with Crippen LogP contribution in [-0.2, 0) is 32.2 Å². The van der Waals surface area contributed by atoms with Gasteiger partial charge in [-0.3, -0.25) is 0 Å². The van der Waals surface area contributed by atoms with E-state index in [1.165, 1.54) is 0 Å². The van der Waals surface area contributed by atoms with Crippen molar-refractivity contribution in [3.63, 3.8) is 0 Å². The van der Waals surface area contributed by atoms with Crippen molar-refractivity contribution in [1.29, 1.82) is 0 Å². The lowest BCUT2D eigenvalue weighted by atomic mass is 10.0. The lowest BCUT2D eigenvalue weighted by Crippen LogP contribution is -2.28. The first kappa shape index (κ1) is 27.2. The van der Waals surface area contributed by atoms with Gasteiger partial charge in [0.1, 0.15) is 0 Å². The Hall–Kier alpha value is -2.02. The van der Waals surface area contributed by atoms with Crippen LogP contribution in [-0.4, -0.2) is 43.9 Å². The van der Waals surface area contributed by atoms with Crippen LogP contribution in [0.1, 0.15) is 50.2 Å². The molecule has 0 fully saturated rings. The van der Waals surface area contributed by atoms with Gasteiger partial charge in [-0.1, -0.05) is 99.0 Å². The number of aliphatic hydroxyl groups excluding tert-OH is 1. The van der Waals surface area contributed by atoms with Crippen LogP contribution in [0.5, 0.6) is 0 Å². The molecular weight excluding hydrogens is 416 g/mol. The van der Waals surface area contributed by atoms with Gasteiger partial charge in [-0.15, -0.1) is 0 Å². The van der Waals surface area contributed by atoms with Crippen LogP contribution in [0.15, 0.2) is 72.8 Å². The Balaban J connectivity index is 2.02. The molecule has 0 saturated heterocycles. The van der Waals surface area contributed by atoms with Crippen LogP contribution in [0.25, 0.3) is 0 Å². The van der Waals surface area contributed by atoms with Gasteiger partial charge >= 0.3 is 0 Å². The minimum absolute atomic E-state index is 0.268. The van der Waals surface area contributed by atoms with Gasteiger partial charge < -0.3 is 24.1 Å². The van der Waals surface area contributed by atoms with Gasteiger partial charge in [0.15, 0.2) is 6.29 Å². The fourth-order valence-electron chi connectivity index (χ4n) is 3.55. The smallest absolute Gasteiger partial charge is 0.159 e. The standard InChI is InChI=1S/C28H40O5/c1-4-5-8-17-27(33-22-24-15-11-7-12-16-24)26(29)19-18-25(20-28(30-2)31-3)32-21-23-13-9-6-10-14-23/h6-7,9-16,18-19,25-29H,4-5,8,17,20-22H2,1-3H3/t25-,26+,27-/m0/s1. The summed E-state index contributed by atoms with van der Waals surface area (Å²) in [6.07, 6.45) is 6.63. The van der Waals surface area contributed by atoms with Gasteiger partial charge in [0.2, 0.25) is 0 Å². The van der Waals surface area contributed by atoms with E-state index in [0.29, 0.717) is 19.6 Å². The van der Waals surface area contributed by atoms with E-state index in [-0.39, 0.29) is 18.5 Å². The molecule has 3 atom stereocenters. The molecular formula is C28H40O5. The second kappa shape index (κ2) is 16.6. The Morgan fingerprint density at radius 3 is 1.91 bits per heavy atom. The van der Waals surface area contributed by atoms with E-state index in [9.17, 15) is 5.11 Å². The van der Waals surface area contributed by atoms with Crippen molar-refractivity contribution in [2.75, 3.05) is 14.2 Å². The molecule has 0 unspecified atom stereocenters. The van der Waals surface area contributed by atoms with E-state index in [4.69, 9.17) is 18.9 Å². The van der Waals surface area contributed by atoms with E-state index in [1.807, 2.05) is 66.7 Å². The first-order valence-electron chi connectivity index (χ1n) is 11.9. The molecule has 0 bridgehead atoms. The van der Waals surface area contributed by atoms with Gasteiger partial charge in [-0.05, 0) is 17.5 Å². The van der Waals surface area contributed by atoms with E-state index in [1.54, 1.807) is 20.3 Å². The summed E-state index contributed by atoms with van der Waals surface area (Å²) in [6.45, 7) is 3.12. The number of methoxy groups -OCH3 is 2. The fraction of sp³-hybridized carbons (Fsp3) is 0.500. The minimum atomic E-state index is -0.725. The van der Waals surface area contributed by atoms with Crippen molar-refractivity contribution in [2.45, 2.75) is 76.8 Å². The van der Waals surface area contributed by atoms with Crippen LogP contribution in [0.3, 0.4) is 0 Å². The highest BCUT2D eigenvalue weighted by Crippen LogP contribution is 2.17. The summed E-state index contributed by atoms with van der Waals surface area (Å²) in [5, 5.41) is 10.9. The molecule has 0 saturated carbocycles. The molecule has 0 heterocycles. The summed E-state index contributed by atoms with van der Waals surface area (Å²) in [4.78, 5) is 0. The third-order valence-electron chi connectivity index (χ3n) is 5.56. The molecule has 0 aromatic heterocycles. The molecule has 2 aromatic rings. The molecule has 0 amide bonds. The summed E-state index contributed by atoms with van der Waals surface area (Å²) in [6, 6.07) is 20.1. The summed E-state index contributed by atoms with van der Waals surface area (Å²) in [5.74, 6) is 0. The Kier molecular flexibility index (Phi) is 13.7. The normalized spacial score (nSPS) is 14.6. The third-order valence-corrected chi connectivity index (χ3v) is 5.56. The van der Waals surface area contributed by atoms with Crippen molar-refractivity contribution < 1.29 is 24.1 Å². The monoisotopic (exact) mass is 456 g/mol. The van der Waals surface area contributed by atoms with Crippen molar-refractivity contribution in [2.24, 2.45) is 0 Å². The Morgan fingerprint density at radius 2 is 1.36 bits per heavy atom. The average molecular weight is 457 g/mol. The molecule has 2 aromatic carbocycles. The highest BCUT2D eigenvalue weighted by atomic mass is 16.7. The summed E-state index contributed by atoms with van der Waals surface area (Å²) >= 11 is 0. The van der Waals surface area contributed by atoms with Gasteiger partial charge in [0.05, 0.1) is 31.5 Å². The van der Waals surface area contributed by atoms with Crippen LogP contribution >= 0.6 is 0 Å². The lowest BCUT2D eigenvalue weighted by molar-refractivity contribution is -0.125. The molecule has 33 heavy (non-hydrogen) atoms. The van der Waals surface area contributed by atoms with E-state index in [2.05, 4.69) is 6.92 Å². The van der Waals surface area contributed by atoms with Gasteiger partial charge in [-0.25, -0.2) is 0 Å². The Morgan fingerprint density at radius 1 is 0.788 bits per heavy atom. The molecule has 5 heteroatoms. The predicted octanol–water partition coefficient (Wildman–Crippen LogP) is 5.66. The summed E-state index contributed by atoms with van der Waals surface area (Å²) < 4.78 is 23.0. The quantitative estimate of drug-likeness (QED) is 0.189. The second-order valence-electron chi connectivity index (χ2n) is 8.18. The van der Waals surface area contributed by atoms with Gasteiger partial charge in [0, 0.05) is 20.6 Å². The average Bonchev–Trinajstić information content (AvgIpc) is 2.86. The van der Waals surface area contributed by atoms with Gasteiger partial charge in [-0.2, -0.15) is 0 Å². The second-order valence-corrected chi connectivity index (χ2v) is 8.18. The van der Waals surface area contributed by atoms with E-state index in [0.717, 1.165) is 36.8 Å². The molecule has 0 aliphatic carbocycles. The summed E-state index contributed by atoms with van der Waals surface area (Å²) in [7, 11) is 3.23. The number of aliphatic hydroxyl groups is 1. The zero-order valence-electron chi connectivity index (χ0n) is 20.3. The zero-order valence-corrected chi connectivity index (χ0v) is 20.3. The molecule has 0 aliphatic rings. The number of ether oxygens (including phenoxy) is 4. The number of unbranched alkanes of at least 4 members (excludes halogenated alkanes) is 2. The topological polar surface area (TPSA) is 57.2 Å². The maximum absolute atomic E-state index is 10.9. The van der Waals surface area contributed by atoms with Gasteiger partial charge in [0.25, 0.3) is 0 Å². The molecule has 0 aliphatic heterocycles. The highest BCUT2D eigenvalue weighted by molar-refractivity contribution is 5.14. The van der Waals surface area contributed by atoms with Crippen LogP contribution < -0.4 is 0 Å². The number of hydrogen-bond donors (Lipinski definition) is 1. The Bertz CT molecular complexity index is 745. The first-order valence-corrected chi connectivity index (χ1v) is 11.9. The summed E-state index contributed by atoms with van der Waals surface area (Å²) in [5.41, 5.74) is 2.19. The van der Waals surface area contributed by atoms with Crippen LogP contribution in [0.4, 0.5) is 0 Å². The number of rotatable bonds is 17. The van der Waals surface area contributed by atoms with Crippen molar-refractivity contribution in [1.82, 2.24) is 0 Å². The van der Waals surface area contributed by atoms with E-state index >= 15 is 0 Å². The molecule has 1 N–H and O–H groups in total. The maximum Gasteiger partial charge on any atom is 0.159 e. The van der Waals surface area contributed by atoms with Crippen LogP contribution in [0, 0.1) is 0 Å². The number of hydrogen-bond acceptors (Lipinski definition) is 5.